The number of nitrogens with zero attached hydrogens (tertiary/aromatic N) is 3. The Morgan fingerprint density at radius 3 is 2.96 bits per heavy atom. The summed E-state index contributed by atoms with van der Waals surface area (Å²) in [6, 6.07) is 7.52. The first-order valence-corrected chi connectivity index (χ1v) is 11.9. The molecule has 1 fully saturated rings. The van der Waals surface area contributed by atoms with E-state index < -0.39 is 10.0 Å². The van der Waals surface area contributed by atoms with Crippen molar-refractivity contribution >= 4 is 27.7 Å². The van der Waals surface area contributed by atoms with Crippen LogP contribution in [-0.2, 0) is 10.0 Å². The lowest BCUT2D eigenvalue weighted by atomic mass is 9.97. The monoisotopic (exact) mass is 408 g/mol. The van der Waals surface area contributed by atoms with Gasteiger partial charge in [-0.05, 0) is 43.2 Å². The second-order valence-corrected chi connectivity index (χ2v) is 9.32. The van der Waals surface area contributed by atoms with Gasteiger partial charge in [0, 0.05) is 43.3 Å². The maximum absolute atomic E-state index is 13.0. The van der Waals surface area contributed by atoms with Crippen LogP contribution in [0, 0.1) is 5.92 Å². The lowest BCUT2D eigenvalue weighted by Gasteiger charge is -2.33. The van der Waals surface area contributed by atoms with Crippen LogP contribution in [0.1, 0.15) is 23.2 Å². The summed E-state index contributed by atoms with van der Waals surface area (Å²) in [5.74, 6) is 0.115. The van der Waals surface area contributed by atoms with Gasteiger partial charge in [-0.2, -0.15) is 0 Å². The molecule has 0 spiro atoms. The third-order valence-electron chi connectivity index (χ3n) is 4.60. The van der Waals surface area contributed by atoms with Crippen molar-refractivity contribution in [3.05, 3.63) is 42.2 Å². The number of piperidine rings is 1. The Balaban J connectivity index is 1.73. The Kier molecular flexibility index (Phi) is 6.23. The van der Waals surface area contributed by atoms with E-state index in [1.807, 2.05) is 46.2 Å². The number of hydrogen-bond acceptors (Lipinski definition) is 5. The molecule has 0 unspecified atom stereocenters. The van der Waals surface area contributed by atoms with Gasteiger partial charge >= 0.3 is 0 Å². The van der Waals surface area contributed by atoms with Gasteiger partial charge < -0.3 is 4.90 Å². The average molecular weight is 409 g/mol. The van der Waals surface area contributed by atoms with E-state index in [2.05, 4.69) is 9.71 Å². The van der Waals surface area contributed by atoms with Crippen LogP contribution in [0.5, 0.6) is 0 Å². The predicted octanol–water partition coefficient (Wildman–Crippen LogP) is 2.00. The van der Waals surface area contributed by atoms with E-state index in [9.17, 15) is 13.2 Å². The molecule has 1 N–H and O–H groups in total. The van der Waals surface area contributed by atoms with Crippen molar-refractivity contribution in [1.29, 1.82) is 0 Å². The van der Waals surface area contributed by atoms with E-state index in [0.29, 0.717) is 25.2 Å². The Bertz CT molecular complexity index is 911. The van der Waals surface area contributed by atoms with Crippen LogP contribution in [0.2, 0.25) is 0 Å². The van der Waals surface area contributed by atoms with Crippen LogP contribution in [-0.4, -0.2) is 60.9 Å². The zero-order valence-corrected chi connectivity index (χ0v) is 17.1. The smallest absolute Gasteiger partial charge is 0.253 e. The van der Waals surface area contributed by atoms with Gasteiger partial charge in [0.25, 0.3) is 5.91 Å². The summed E-state index contributed by atoms with van der Waals surface area (Å²) in [7, 11) is -3.21. The molecule has 7 nitrogen and oxygen atoms in total. The van der Waals surface area contributed by atoms with Gasteiger partial charge in [0.05, 0.1) is 6.26 Å². The summed E-state index contributed by atoms with van der Waals surface area (Å²) in [4.78, 5) is 19.1. The molecule has 0 bridgehead atoms. The third-order valence-corrected chi connectivity index (χ3v) is 5.96. The summed E-state index contributed by atoms with van der Waals surface area (Å²) in [6.07, 6.45) is 8.53. The molecule has 1 aromatic heterocycles. The molecule has 1 saturated heterocycles. The number of carbonyl (C=O) groups is 1. The van der Waals surface area contributed by atoms with E-state index in [1.165, 1.54) is 0 Å². The standard InChI is InChI=1S/C18H24N4O3S2/c1-26-18-19-8-10-22(18)16-7-3-6-15(11-16)17(23)21-9-4-5-14(13-21)12-20-27(2,24)25/h3,6-8,10-11,14,20H,4-5,9,12-13H2,1-2H3/t14-/m0/s1. The van der Waals surface area contributed by atoms with Crippen LogP contribution in [0.4, 0.5) is 0 Å². The number of carbonyl (C=O) groups excluding carboxylic acids is 1. The largest absolute Gasteiger partial charge is 0.338 e. The highest BCUT2D eigenvalue weighted by Gasteiger charge is 2.25. The SMILES string of the molecule is CSc1nccn1-c1cccc(C(=O)N2CCC[C@@H](CNS(C)(=O)=O)C2)c1. The number of hydrogen-bond donors (Lipinski definition) is 1. The Hall–Kier alpha value is -1.84. The van der Waals surface area contributed by atoms with Crippen molar-refractivity contribution in [2.24, 2.45) is 5.92 Å². The molecular weight excluding hydrogens is 384 g/mol. The maximum Gasteiger partial charge on any atom is 0.253 e. The molecule has 1 aliphatic rings. The van der Waals surface area contributed by atoms with Crippen LogP contribution >= 0.6 is 11.8 Å². The number of sulfonamides is 1. The van der Waals surface area contributed by atoms with Crippen LogP contribution in [0.3, 0.4) is 0 Å². The number of imidazole rings is 1. The molecular formula is C18H24N4O3S2. The van der Waals surface area contributed by atoms with Crippen LogP contribution in [0.25, 0.3) is 5.69 Å². The van der Waals surface area contributed by atoms with E-state index >= 15 is 0 Å². The van der Waals surface area contributed by atoms with E-state index in [-0.39, 0.29) is 11.8 Å². The number of benzene rings is 1. The predicted molar refractivity (Wildman–Crippen MR) is 107 cm³/mol. The minimum absolute atomic E-state index is 0.0216. The van der Waals surface area contributed by atoms with Crippen molar-refractivity contribution in [2.45, 2.75) is 18.0 Å². The van der Waals surface area contributed by atoms with Crippen molar-refractivity contribution < 1.29 is 13.2 Å². The summed E-state index contributed by atoms with van der Waals surface area (Å²) in [5.41, 5.74) is 1.53. The van der Waals surface area contributed by atoms with E-state index in [4.69, 9.17) is 0 Å². The minimum atomic E-state index is -3.21. The molecule has 3 rings (SSSR count). The molecule has 1 atom stereocenters. The third kappa shape index (κ3) is 5.12. The topological polar surface area (TPSA) is 84.3 Å². The van der Waals surface area contributed by atoms with Gasteiger partial charge in [0.2, 0.25) is 10.0 Å². The molecule has 146 valence electrons. The second kappa shape index (κ2) is 8.45. The maximum atomic E-state index is 13.0. The molecule has 2 aromatic rings. The summed E-state index contributed by atoms with van der Waals surface area (Å²) in [6.45, 7) is 1.63. The first-order chi connectivity index (χ1) is 12.9. The number of thioether (sulfide) groups is 1. The van der Waals surface area contributed by atoms with Gasteiger partial charge in [0.1, 0.15) is 0 Å². The second-order valence-electron chi connectivity index (χ2n) is 6.71. The normalized spacial score (nSPS) is 17.9. The number of aromatic nitrogens is 2. The molecule has 9 heteroatoms. The molecule has 0 radical (unpaired) electrons. The van der Waals surface area contributed by atoms with Gasteiger partial charge in [-0.25, -0.2) is 18.1 Å². The zero-order valence-electron chi connectivity index (χ0n) is 15.5. The van der Waals surface area contributed by atoms with Gasteiger partial charge in [-0.1, -0.05) is 17.8 Å². The molecule has 1 amide bonds. The van der Waals surface area contributed by atoms with E-state index in [1.54, 1.807) is 18.0 Å². The fraction of sp³-hybridized carbons (Fsp3) is 0.444. The fourth-order valence-electron chi connectivity index (χ4n) is 3.29. The highest BCUT2D eigenvalue weighted by atomic mass is 32.2. The van der Waals surface area contributed by atoms with Crippen LogP contribution in [0.15, 0.2) is 41.8 Å². The van der Waals surface area contributed by atoms with Crippen molar-refractivity contribution in [1.82, 2.24) is 19.2 Å². The quantitative estimate of drug-likeness (QED) is 0.739. The number of nitrogens with one attached hydrogen (secondary N) is 1. The summed E-state index contributed by atoms with van der Waals surface area (Å²) in [5, 5.41) is 0.865. The Labute approximate surface area is 164 Å². The Morgan fingerprint density at radius 1 is 1.41 bits per heavy atom. The molecule has 2 heterocycles. The average Bonchev–Trinajstić information content (AvgIpc) is 3.14. The highest BCUT2D eigenvalue weighted by molar-refractivity contribution is 7.98. The lowest BCUT2D eigenvalue weighted by Crippen LogP contribution is -2.43. The zero-order chi connectivity index (χ0) is 19.4. The van der Waals surface area contributed by atoms with Gasteiger partial charge in [0.15, 0.2) is 5.16 Å². The summed E-state index contributed by atoms with van der Waals surface area (Å²) < 4.78 is 27.1. The molecule has 27 heavy (non-hydrogen) atoms. The lowest BCUT2D eigenvalue weighted by molar-refractivity contribution is 0.0676. The Morgan fingerprint density at radius 2 is 2.22 bits per heavy atom. The number of rotatable bonds is 6. The van der Waals surface area contributed by atoms with Gasteiger partial charge in [-0.3, -0.25) is 9.36 Å². The first kappa shape index (κ1) is 19.9. The highest BCUT2D eigenvalue weighted by Crippen LogP contribution is 2.22. The summed E-state index contributed by atoms with van der Waals surface area (Å²) >= 11 is 1.55. The molecule has 1 aromatic carbocycles. The molecule has 0 aliphatic carbocycles. The first-order valence-electron chi connectivity index (χ1n) is 8.79. The van der Waals surface area contributed by atoms with Gasteiger partial charge in [-0.15, -0.1) is 0 Å². The molecule has 0 saturated carbocycles. The van der Waals surface area contributed by atoms with Crippen molar-refractivity contribution in [2.75, 3.05) is 32.1 Å². The fourth-order valence-corrected chi connectivity index (χ4v) is 4.36. The van der Waals surface area contributed by atoms with Crippen molar-refractivity contribution in [3.63, 3.8) is 0 Å². The molecule has 1 aliphatic heterocycles. The van der Waals surface area contributed by atoms with Crippen LogP contribution < -0.4 is 4.72 Å². The number of amides is 1. The van der Waals surface area contributed by atoms with Crippen molar-refractivity contribution in [3.8, 4) is 5.69 Å². The van der Waals surface area contributed by atoms with E-state index in [0.717, 1.165) is 29.9 Å². The number of likely N-dealkylation sites (tertiary alicyclic amines) is 1. The minimum Gasteiger partial charge on any atom is -0.338 e.